The van der Waals surface area contributed by atoms with E-state index in [4.69, 9.17) is 0 Å². The lowest BCUT2D eigenvalue weighted by molar-refractivity contribution is -0.137. The highest BCUT2D eigenvalue weighted by atomic mass is 16.2. The van der Waals surface area contributed by atoms with E-state index in [1.54, 1.807) is 0 Å². The molecule has 3 aliphatic rings. The Morgan fingerprint density at radius 3 is 2.46 bits per heavy atom. The van der Waals surface area contributed by atoms with Crippen molar-refractivity contribution in [3.8, 4) is 0 Å². The summed E-state index contributed by atoms with van der Waals surface area (Å²) >= 11 is 0. The zero-order valence-corrected chi connectivity index (χ0v) is 14.8. The number of rotatable bonds is 2. The van der Waals surface area contributed by atoms with Gasteiger partial charge in [0.05, 0.1) is 6.04 Å². The molecule has 2 fully saturated rings. The number of aryl methyl sites for hydroxylation is 1. The zero-order chi connectivity index (χ0) is 16.4. The van der Waals surface area contributed by atoms with Crippen LogP contribution in [-0.2, 0) is 17.8 Å². The molecule has 1 aliphatic carbocycles. The second kappa shape index (κ2) is 7.24. The molecule has 1 saturated carbocycles. The van der Waals surface area contributed by atoms with Crippen LogP contribution in [0.15, 0.2) is 0 Å². The Kier molecular flexibility index (Phi) is 4.86. The first kappa shape index (κ1) is 16.1. The predicted octanol–water partition coefficient (Wildman–Crippen LogP) is 3.64. The first-order valence-corrected chi connectivity index (χ1v) is 10.1. The lowest BCUT2D eigenvalue weighted by Crippen LogP contribution is -2.36. The van der Waals surface area contributed by atoms with Gasteiger partial charge in [0.2, 0.25) is 5.91 Å². The number of fused-ring (bicyclic) bond motifs is 1. The van der Waals surface area contributed by atoms with Gasteiger partial charge in [-0.3, -0.25) is 4.79 Å². The molecule has 1 aromatic heterocycles. The first-order valence-electron chi connectivity index (χ1n) is 10.1. The van der Waals surface area contributed by atoms with E-state index < -0.39 is 0 Å². The van der Waals surface area contributed by atoms with Crippen molar-refractivity contribution >= 4 is 5.91 Å². The minimum Gasteiger partial charge on any atom is -0.332 e. The van der Waals surface area contributed by atoms with Crippen molar-refractivity contribution in [3.05, 3.63) is 11.6 Å². The number of likely N-dealkylation sites (tertiary alicyclic amines) is 1. The van der Waals surface area contributed by atoms with Crippen molar-refractivity contribution in [2.75, 3.05) is 6.54 Å². The van der Waals surface area contributed by atoms with Crippen LogP contribution < -0.4 is 0 Å². The summed E-state index contributed by atoms with van der Waals surface area (Å²) in [6.45, 7) is 1.93. The summed E-state index contributed by atoms with van der Waals surface area (Å²) in [7, 11) is 0. The van der Waals surface area contributed by atoms with Crippen molar-refractivity contribution in [2.45, 2.75) is 89.6 Å². The lowest BCUT2D eigenvalue weighted by atomic mass is 9.98. The summed E-state index contributed by atoms with van der Waals surface area (Å²) < 4.78 is 2.33. The average Bonchev–Trinajstić information content (AvgIpc) is 3.03. The largest absolute Gasteiger partial charge is 0.332 e. The van der Waals surface area contributed by atoms with Crippen LogP contribution in [0.2, 0.25) is 0 Å². The molecule has 5 nitrogen and oxygen atoms in total. The second-order valence-corrected chi connectivity index (χ2v) is 7.81. The minimum atomic E-state index is 0.167. The average molecular weight is 330 g/mol. The van der Waals surface area contributed by atoms with Gasteiger partial charge in [0, 0.05) is 25.4 Å². The van der Waals surface area contributed by atoms with E-state index in [2.05, 4.69) is 19.7 Å². The fraction of sp³-hybridized carbons (Fsp3) is 0.842. The highest BCUT2D eigenvalue weighted by Gasteiger charge is 2.37. The Bertz CT molecular complexity index is 574. The van der Waals surface area contributed by atoms with Gasteiger partial charge in [-0.1, -0.05) is 32.1 Å². The van der Waals surface area contributed by atoms with Crippen molar-refractivity contribution in [3.63, 3.8) is 0 Å². The summed E-state index contributed by atoms with van der Waals surface area (Å²) in [5, 5.41) is 8.99. The third kappa shape index (κ3) is 3.09. The highest BCUT2D eigenvalue weighted by molar-refractivity contribution is 5.79. The first-order chi connectivity index (χ1) is 11.8. The van der Waals surface area contributed by atoms with Gasteiger partial charge < -0.3 is 9.47 Å². The normalized spacial score (nSPS) is 26.0. The quantitative estimate of drug-likeness (QED) is 0.778. The smallest absolute Gasteiger partial charge is 0.226 e. The topological polar surface area (TPSA) is 51.0 Å². The number of nitrogens with zero attached hydrogens (tertiary/aromatic N) is 4. The molecule has 0 aromatic carbocycles. The molecule has 1 aromatic rings. The third-order valence-electron chi connectivity index (χ3n) is 6.18. The van der Waals surface area contributed by atoms with E-state index >= 15 is 0 Å². The minimum absolute atomic E-state index is 0.167. The fourth-order valence-corrected chi connectivity index (χ4v) is 4.81. The van der Waals surface area contributed by atoms with E-state index in [0.717, 1.165) is 56.8 Å². The van der Waals surface area contributed by atoms with Gasteiger partial charge in [-0.2, -0.15) is 0 Å². The van der Waals surface area contributed by atoms with E-state index in [9.17, 15) is 4.79 Å². The molecule has 1 amide bonds. The Morgan fingerprint density at radius 1 is 0.833 bits per heavy atom. The SMILES string of the molecule is O=C(C1CCCCCC1)N1CCC[C@@H]1c1nnc2n1CCCCC2. The van der Waals surface area contributed by atoms with E-state index in [1.807, 2.05) is 0 Å². The molecule has 3 heterocycles. The molecule has 132 valence electrons. The van der Waals surface area contributed by atoms with Crippen molar-refractivity contribution in [1.29, 1.82) is 0 Å². The molecule has 2 aliphatic heterocycles. The van der Waals surface area contributed by atoms with Crippen molar-refractivity contribution in [2.24, 2.45) is 5.92 Å². The number of hydrogen-bond donors (Lipinski definition) is 0. The Balaban J connectivity index is 1.54. The number of carbonyl (C=O) groups excluding carboxylic acids is 1. The van der Waals surface area contributed by atoms with Gasteiger partial charge in [-0.15, -0.1) is 10.2 Å². The third-order valence-corrected chi connectivity index (χ3v) is 6.18. The van der Waals surface area contributed by atoms with E-state index in [0.29, 0.717) is 5.91 Å². The summed E-state index contributed by atoms with van der Waals surface area (Å²) in [6.07, 6.45) is 14.1. The second-order valence-electron chi connectivity index (χ2n) is 7.81. The molecule has 4 rings (SSSR count). The molecular formula is C19H30N4O. The molecule has 0 radical (unpaired) electrons. The van der Waals surface area contributed by atoms with Gasteiger partial charge in [-0.05, 0) is 38.5 Å². The molecule has 0 unspecified atom stereocenters. The van der Waals surface area contributed by atoms with Crippen LogP contribution in [0.3, 0.4) is 0 Å². The van der Waals surface area contributed by atoms with Crippen LogP contribution in [0.4, 0.5) is 0 Å². The maximum atomic E-state index is 13.2. The van der Waals surface area contributed by atoms with Crippen molar-refractivity contribution < 1.29 is 4.79 Å². The molecule has 0 spiro atoms. The van der Waals surface area contributed by atoms with Crippen LogP contribution in [0.25, 0.3) is 0 Å². The van der Waals surface area contributed by atoms with Crippen molar-refractivity contribution in [1.82, 2.24) is 19.7 Å². The van der Waals surface area contributed by atoms with Crippen LogP contribution in [0.1, 0.15) is 88.3 Å². The fourth-order valence-electron chi connectivity index (χ4n) is 4.81. The Hall–Kier alpha value is -1.39. The van der Waals surface area contributed by atoms with Crippen LogP contribution in [0.5, 0.6) is 0 Å². The maximum absolute atomic E-state index is 13.2. The maximum Gasteiger partial charge on any atom is 0.226 e. The molecule has 0 bridgehead atoms. The van der Waals surface area contributed by atoms with Gasteiger partial charge in [0.1, 0.15) is 5.82 Å². The summed E-state index contributed by atoms with van der Waals surface area (Å²) in [5.41, 5.74) is 0. The van der Waals surface area contributed by atoms with Crippen LogP contribution in [0, 0.1) is 5.92 Å². The molecular weight excluding hydrogens is 300 g/mol. The number of hydrogen-bond acceptors (Lipinski definition) is 3. The van der Waals surface area contributed by atoms with Gasteiger partial charge in [-0.25, -0.2) is 0 Å². The lowest BCUT2D eigenvalue weighted by Gasteiger charge is -2.28. The van der Waals surface area contributed by atoms with Gasteiger partial charge >= 0.3 is 0 Å². The standard InChI is InChI=1S/C19H30N4O/c24-19(15-9-4-1-2-5-10-15)22-14-8-11-16(22)18-21-20-17-12-6-3-7-13-23(17)18/h15-16H,1-14H2/t16-/m1/s1. The molecule has 0 N–H and O–H groups in total. The zero-order valence-electron chi connectivity index (χ0n) is 14.8. The molecule has 5 heteroatoms. The summed E-state index contributed by atoms with van der Waals surface area (Å²) in [6, 6.07) is 0.167. The monoisotopic (exact) mass is 330 g/mol. The number of amides is 1. The van der Waals surface area contributed by atoms with Gasteiger partial charge in [0.15, 0.2) is 5.82 Å². The number of carbonyl (C=O) groups is 1. The van der Waals surface area contributed by atoms with Crippen LogP contribution in [-0.4, -0.2) is 32.1 Å². The van der Waals surface area contributed by atoms with E-state index in [1.165, 1.54) is 44.9 Å². The predicted molar refractivity (Wildman–Crippen MR) is 92.5 cm³/mol. The van der Waals surface area contributed by atoms with E-state index in [-0.39, 0.29) is 12.0 Å². The molecule has 1 saturated heterocycles. The van der Waals surface area contributed by atoms with Gasteiger partial charge in [0.25, 0.3) is 0 Å². The summed E-state index contributed by atoms with van der Waals surface area (Å²) in [4.78, 5) is 15.3. The Labute approximate surface area is 144 Å². The summed E-state index contributed by atoms with van der Waals surface area (Å²) in [5.74, 6) is 2.84. The molecule has 1 atom stereocenters. The van der Waals surface area contributed by atoms with Crippen LogP contribution >= 0.6 is 0 Å². The Morgan fingerprint density at radius 2 is 1.62 bits per heavy atom. The number of aromatic nitrogens is 3. The molecule has 24 heavy (non-hydrogen) atoms. The highest BCUT2D eigenvalue weighted by Crippen LogP contribution is 2.35.